The third-order valence-corrected chi connectivity index (χ3v) is 6.80. The smallest absolute Gasteiger partial charge is 0.330 e. The van der Waals surface area contributed by atoms with Gasteiger partial charge in [0.2, 0.25) is 0 Å². The average Bonchev–Trinajstić information content (AvgIpc) is 2.89. The van der Waals surface area contributed by atoms with Crippen molar-refractivity contribution in [1.82, 2.24) is 0 Å². The number of allylic oxidation sites excluding steroid dienone is 1. The molecule has 1 fully saturated rings. The van der Waals surface area contributed by atoms with Crippen molar-refractivity contribution < 1.29 is 23.8 Å². The summed E-state index contributed by atoms with van der Waals surface area (Å²) in [4.78, 5) is 24.9. The summed E-state index contributed by atoms with van der Waals surface area (Å²) in [6.07, 6.45) is 10.4. The van der Waals surface area contributed by atoms with Crippen LogP contribution in [0.2, 0.25) is 0 Å². The van der Waals surface area contributed by atoms with Gasteiger partial charge in [-0.2, -0.15) is 0 Å². The number of nitrogen functional groups attached to an aromatic ring is 2. The van der Waals surface area contributed by atoms with Crippen LogP contribution in [0.5, 0.6) is 5.75 Å². The summed E-state index contributed by atoms with van der Waals surface area (Å²) in [7, 11) is 0. The molecule has 0 atom stereocenters. The molecular weight excluding hydrogens is 480 g/mol. The summed E-state index contributed by atoms with van der Waals surface area (Å²) < 4.78 is 16.9. The van der Waals surface area contributed by atoms with Crippen LogP contribution in [0.3, 0.4) is 0 Å². The van der Waals surface area contributed by atoms with Crippen LogP contribution in [0.1, 0.15) is 63.5 Å². The Morgan fingerprint density at radius 2 is 1.76 bits per heavy atom. The number of ether oxygens (including phenoxy) is 3. The Morgan fingerprint density at radius 1 is 1.05 bits per heavy atom. The van der Waals surface area contributed by atoms with Crippen LogP contribution < -0.4 is 16.2 Å². The number of carbonyl (C=O) groups is 2. The molecule has 0 heterocycles. The van der Waals surface area contributed by atoms with Crippen LogP contribution in [-0.2, 0) is 24.5 Å². The largest absolute Gasteiger partial charge is 0.462 e. The number of unbranched alkanes of at least 4 members (excludes halogenated alkanes) is 1. The molecule has 0 spiro atoms. The fourth-order valence-corrected chi connectivity index (χ4v) is 4.53. The molecule has 0 unspecified atom stereocenters. The minimum absolute atomic E-state index is 0.106. The fourth-order valence-electron chi connectivity index (χ4n) is 4.53. The van der Waals surface area contributed by atoms with Gasteiger partial charge >= 0.3 is 11.9 Å². The Balaban J connectivity index is 1.42. The molecule has 1 aliphatic rings. The predicted octanol–water partition coefficient (Wildman–Crippen LogP) is 5.83. The fraction of sp³-hybridized carbons (Fsp3) is 0.419. The molecule has 7 nitrogen and oxygen atoms in total. The van der Waals surface area contributed by atoms with E-state index in [0.717, 1.165) is 56.3 Å². The van der Waals surface area contributed by atoms with Gasteiger partial charge < -0.3 is 25.7 Å². The number of esters is 2. The number of hydrogen-bond acceptors (Lipinski definition) is 7. The maximum absolute atomic E-state index is 12.6. The van der Waals surface area contributed by atoms with Gasteiger partial charge in [0, 0.05) is 29.5 Å². The van der Waals surface area contributed by atoms with Gasteiger partial charge in [0.05, 0.1) is 12.0 Å². The lowest BCUT2D eigenvalue weighted by atomic mass is 9.84. The van der Waals surface area contributed by atoms with Gasteiger partial charge in [-0.15, -0.1) is 6.58 Å². The van der Waals surface area contributed by atoms with E-state index >= 15 is 0 Å². The second-order valence-corrected chi connectivity index (χ2v) is 10.4. The number of carbonyl (C=O) groups excluding carboxylic acids is 2. The highest BCUT2D eigenvalue weighted by Crippen LogP contribution is 2.30. The zero-order valence-electron chi connectivity index (χ0n) is 22.5. The molecule has 0 amide bonds. The van der Waals surface area contributed by atoms with Crippen LogP contribution in [0, 0.1) is 5.92 Å². The Labute approximate surface area is 225 Å². The Kier molecular flexibility index (Phi) is 10.5. The van der Waals surface area contributed by atoms with Gasteiger partial charge in [-0.1, -0.05) is 38.1 Å². The molecule has 0 saturated heterocycles. The molecular formula is C31H40N2O5. The van der Waals surface area contributed by atoms with Gasteiger partial charge in [0.25, 0.3) is 0 Å². The zero-order chi connectivity index (χ0) is 27.5. The van der Waals surface area contributed by atoms with Gasteiger partial charge in [0.1, 0.15) is 12.4 Å². The normalized spacial score (nSPS) is 17.7. The van der Waals surface area contributed by atoms with Crippen LogP contribution >= 0.6 is 0 Å². The van der Waals surface area contributed by atoms with Crippen molar-refractivity contribution >= 4 is 29.4 Å². The lowest BCUT2D eigenvalue weighted by Gasteiger charge is -2.27. The van der Waals surface area contributed by atoms with Gasteiger partial charge in [-0.05, 0) is 80.0 Å². The molecule has 2 aromatic rings. The molecule has 0 aromatic heterocycles. The molecule has 0 radical (unpaired) electrons. The minimum Gasteiger partial charge on any atom is -0.462 e. The predicted molar refractivity (Wildman–Crippen MR) is 151 cm³/mol. The first kappa shape index (κ1) is 29.0. The van der Waals surface area contributed by atoms with E-state index in [2.05, 4.69) is 6.58 Å². The van der Waals surface area contributed by atoms with E-state index in [1.165, 1.54) is 6.08 Å². The third kappa shape index (κ3) is 8.77. The number of nitrogens with two attached hydrogens (primary N) is 2. The van der Waals surface area contributed by atoms with Crippen molar-refractivity contribution in [3.63, 3.8) is 0 Å². The standard InChI is InChI=1S/C31H40N2O5/c1-4-5-6-19-36-25-15-10-23(11-16-25)30(35)38-26-13-7-22(8-14-26)9-18-29(34)37-21-31(2,3)27-17-12-24(32)20-28(27)33/h4,7-9,12-14,17-18,20,23,25H,1,5-6,10-11,15-16,19,21,32-33H2,2-3H3. The van der Waals surface area contributed by atoms with Gasteiger partial charge in [0.15, 0.2) is 0 Å². The van der Waals surface area contributed by atoms with Gasteiger partial charge in [-0.25, -0.2) is 4.79 Å². The Morgan fingerprint density at radius 3 is 2.42 bits per heavy atom. The highest BCUT2D eigenvalue weighted by Gasteiger charge is 2.28. The lowest BCUT2D eigenvalue weighted by Crippen LogP contribution is -2.29. The number of rotatable bonds is 12. The van der Waals surface area contributed by atoms with Crippen molar-refractivity contribution in [2.45, 2.75) is 63.9 Å². The lowest BCUT2D eigenvalue weighted by molar-refractivity contribution is -0.141. The molecule has 204 valence electrons. The summed E-state index contributed by atoms with van der Waals surface area (Å²) >= 11 is 0. The van der Waals surface area contributed by atoms with E-state index < -0.39 is 11.4 Å². The molecule has 4 N–H and O–H groups in total. The molecule has 3 rings (SSSR count). The van der Waals surface area contributed by atoms with Crippen molar-refractivity contribution in [3.8, 4) is 5.75 Å². The van der Waals surface area contributed by atoms with Gasteiger partial charge in [-0.3, -0.25) is 4.79 Å². The van der Waals surface area contributed by atoms with Crippen molar-refractivity contribution in [3.05, 3.63) is 72.3 Å². The summed E-state index contributed by atoms with van der Waals surface area (Å²) in [5.74, 6) is -0.278. The van der Waals surface area contributed by atoms with E-state index in [-0.39, 0.29) is 24.6 Å². The second-order valence-electron chi connectivity index (χ2n) is 10.4. The van der Waals surface area contributed by atoms with E-state index in [1.54, 1.807) is 42.5 Å². The molecule has 7 heteroatoms. The molecule has 2 aromatic carbocycles. The van der Waals surface area contributed by atoms with Crippen molar-refractivity contribution in [2.75, 3.05) is 24.7 Å². The van der Waals surface area contributed by atoms with E-state index in [0.29, 0.717) is 17.1 Å². The van der Waals surface area contributed by atoms with E-state index in [4.69, 9.17) is 25.7 Å². The molecule has 1 saturated carbocycles. The van der Waals surface area contributed by atoms with E-state index in [1.807, 2.05) is 26.0 Å². The highest BCUT2D eigenvalue weighted by molar-refractivity contribution is 5.87. The van der Waals surface area contributed by atoms with Crippen molar-refractivity contribution in [2.24, 2.45) is 5.92 Å². The number of anilines is 2. The Hall–Kier alpha value is -3.58. The van der Waals surface area contributed by atoms with Crippen LogP contribution in [0.25, 0.3) is 6.08 Å². The first-order valence-corrected chi connectivity index (χ1v) is 13.2. The SMILES string of the molecule is C=CCCCOC1CCC(C(=O)Oc2ccc(C=CC(=O)OCC(C)(C)c3ccc(N)cc3N)cc2)CC1. The monoisotopic (exact) mass is 520 g/mol. The zero-order valence-corrected chi connectivity index (χ0v) is 22.5. The Bertz CT molecular complexity index is 1120. The summed E-state index contributed by atoms with van der Waals surface area (Å²) in [5, 5.41) is 0. The number of benzene rings is 2. The second kappa shape index (κ2) is 13.8. The molecule has 0 aliphatic heterocycles. The molecule has 0 bridgehead atoms. The van der Waals surface area contributed by atoms with Crippen LogP contribution in [0.15, 0.2) is 61.2 Å². The third-order valence-electron chi connectivity index (χ3n) is 6.80. The first-order chi connectivity index (χ1) is 18.2. The molecule has 1 aliphatic carbocycles. The molecule has 38 heavy (non-hydrogen) atoms. The van der Waals surface area contributed by atoms with E-state index in [9.17, 15) is 9.59 Å². The summed E-state index contributed by atoms with van der Waals surface area (Å²) in [6, 6.07) is 12.4. The van der Waals surface area contributed by atoms with Crippen LogP contribution in [-0.4, -0.2) is 31.3 Å². The maximum Gasteiger partial charge on any atom is 0.330 e. The van der Waals surface area contributed by atoms with Crippen LogP contribution in [0.4, 0.5) is 11.4 Å². The quantitative estimate of drug-likeness (QED) is 0.0903. The summed E-state index contributed by atoms with van der Waals surface area (Å²) in [5.41, 5.74) is 14.2. The maximum atomic E-state index is 12.6. The highest BCUT2D eigenvalue weighted by atomic mass is 16.5. The first-order valence-electron chi connectivity index (χ1n) is 13.2. The topological polar surface area (TPSA) is 114 Å². The number of hydrogen-bond donors (Lipinski definition) is 2. The summed E-state index contributed by atoms with van der Waals surface area (Å²) in [6.45, 7) is 8.54. The van der Waals surface area contributed by atoms with Crippen molar-refractivity contribution in [1.29, 1.82) is 0 Å². The average molecular weight is 521 g/mol. The minimum atomic E-state index is -0.468.